The molecule has 1 aliphatic rings. The van der Waals surface area contributed by atoms with Crippen LogP contribution < -0.4 is 10.6 Å². The summed E-state index contributed by atoms with van der Waals surface area (Å²) in [4.78, 5) is 26.2. The Balaban J connectivity index is 1.87. The summed E-state index contributed by atoms with van der Waals surface area (Å²) in [5.74, 6) is -0.877. The minimum absolute atomic E-state index is 0.0168. The fourth-order valence-electron chi connectivity index (χ4n) is 2.85. The summed E-state index contributed by atoms with van der Waals surface area (Å²) in [6.45, 7) is 9.90. The molecule has 0 aromatic carbocycles. The molecule has 7 heteroatoms. The number of carboxylic acid groups (broad SMARTS) is 1. The number of likely N-dealkylation sites (tertiary alicyclic amines) is 1. The first-order valence-electron chi connectivity index (χ1n) is 7.76. The number of hydrogen-bond donors (Lipinski definition) is 3. The predicted octanol–water partition coefficient (Wildman–Crippen LogP) is 1.75. The molecule has 1 aromatic rings. The fraction of sp³-hybridized carbons (Fsp3) is 0.625. The first kappa shape index (κ1) is 17.9. The second kappa shape index (κ2) is 6.98. The highest BCUT2D eigenvalue weighted by Gasteiger charge is 2.34. The Bertz CT molecular complexity index is 614. The van der Waals surface area contributed by atoms with Gasteiger partial charge in [-0.3, -0.25) is 14.5 Å². The zero-order chi connectivity index (χ0) is 17.2. The molecule has 0 unspecified atom stereocenters. The highest BCUT2D eigenvalue weighted by molar-refractivity contribution is 7.16. The normalized spacial score (nSPS) is 21.6. The predicted molar refractivity (Wildman–Crippen MR) is 92.3 cm³/mol. The van der Waals surface area contributed by atoms with Crippen molar-refractivity contribution in [1.29, 1.82) is 0 Å². The van der Waals surface area contributed by atoms with Gasteiger partial charge in [0.15, 0.2) is 0 Å². The Labute approximate surface area is 140 Å². The van der Waals surface area contributed by atoms with Crippen LogP contribution in [0.25, 0.3) is 0 Å². The summed E-state index contributed by atoms with van der Waals surface area (Å²) in [5.41, 5.74) is 2.12. The maximum Gasteiger partial charge on any atom is 0.317 e. The van der Waals surface area contributed by atoms with E-state index in [0.717, 1.165) is 23.5 Å². The zero-order valence-electron chi connectivity index (χ0n) is 14.2. The molecule has 2 rings (SSSR count). The van der Waals surface area contributed by atoms with Crippen molar-refractivity contribution in [2.45, 2.75) is 39.7 Å². The average molecular weight is 339 g/mol. The number of carbonyl (C=O) groups is 2. The van der Waals surface area contributed by atoms with Gasteiger partial charge < -0.3 is 15.7 Å². The summed E-state index contributed by atoms with van der Waals surface area (Å²) >= 11 is 1.61. The van der Waals surface area contributed by atoms with Crippen LogP contribution in [0.4, 0.5) is 5.00 Å². The average Bonchev–Trinajstić information content (AvgIpc) is 2.94. The van der Waals surface area contributed by atoms with E-state index < -0.39 is 5.97 Å². The van der Waals surface area contributed by atoms with Crippen molar-refractivity contribution in [1.82, 2.24) is 10.2 Å². The van der Waals surface area contributed by atoms with Gasteiger partial charge in [0.1, 0.15) is 0 Å². The standard InChI is InChI=1S/C16H25N3O3S/c1-10-11(2)15(23-12(10)3)18-13(20)8-19-6-5-16(4,9-19)17-7-14(21)22/h17H,5-9H2,1-4H3,(H,18,20)(H,21,22)/t16-/m1/s1. The van der Waals surface area contributed by atoms with Crippen LogP contribution >= 0.6 is 11.3 Å². The molecule has 2 heterocycles. The first-order chi connectivity index (χ1) is 10.7. The van der Waals surface area contributed by atoms with Gasteiger partial charge in [0, 0.05) is 23.5 Å². The summed E-state index contributed by atoms with van der Waals surface area (Å²) in [6, 6.07) is 0. The summed E-state index contributed by atoms with van der Waals surface area (Å²) < 4.78 is 0. The SMILES string of the molecule is Cc1sc(NC(=O)CN2CC[C@@](C)(NCC(=O)O)C2)c(C)c1C. The van der Waals surface area contributed by atoms with Crippen LogP contribution in [0.15, 0.2) is 0 Å². The van der Waals surface area contributed by atoms with Crippen molar-refractivity contribution in [2.24, 2.45) is 0 Å². The van der Waals surface area contributed by atoms with E-state index in [4.69, 9.17) is 5.11 Å². The van der Waals surface area contributed by atoms with Crippen LogP contribution in [-0.4, -0.2) is 53.6 Å². The molecule has 0 saturated carbocycles. The molecule has 1 atom stereocenters. The molecule has 0 spiro atoms. The maximum absolute atomic E-state index is 12.3. The van der Waals surface area contributed by atoms with E-state index in [1.165, 1.54) is 10.4 Å². The number of amides is 1. The summed E-state index contributed by atoms with van der Waals surface area (Å²) in [6.07, 6.45) is 0.837. The van der Waals surface area contributed by atoms with Crippen LogP contribution in [0.1, 0.15) is 29.3 Å². The Kier molecular flexibility index (Phi) is 5.44. The number of hydrogen-bond acceptors (Lipinski definition) is 5. The number of nitrogens with zero attached hydrogens (tertiary/aromatic N) is 1. The molecule has 1 aromatic heterocycles. The molecular formula is C16H25N3O3S. The van der Waals surface area contributed by atoms with Crippen LogP contribution in [-0.2, 0) is 9.59 Å². The third kappa shape index (κ3) is 4.53. The summed E-state index contributed by atoms with van der Waals surface area (Å²) in [7, 11) is 0. The third-order valence-corrected chi connectivity index (χ3v) is 5.75. The van der Waals surface area contributed by atoms with Crippen molar-refractivity contribution in [3.8, 4) is 0 Å². The molecule has 0 radical (unpaired) electrons. The van der Waals surface area contributed by atoms with E-state index in [-0.39, 0.29) is 18.0 Å². The molecular weight excluding hydrogens is 314 g/mol. The lowest BCUT2D eigenvalue weighted by Gasteiger charge is -2.25. The van der Waals surface area contributed by atoms with Gasteiger partial charge >= 0.3 is 5.97 Å². The van der Waals surface area contributed by atoms with Crippen molar-refractivity contribution in [3.63, 3.8) is 0 Å². The lowest BCUT2D eigenvalue weighted by atomic mass is 10.0. The Morgan fingerprint density at radius 3 is 2.57 bits per heavy atom. The van der Waals surface area contributed by atoms with Gasteiger partial charge in [-0.2, -0.15) is 0 Å². The Morgan fingerprint density at radius 1 is 1.30 bits per heavy atom. The van der Waals surface area contributed by atoms with E-state index in [1.54, 1.807) is 11.3 Å². The number of carbonyl (C=O) groups excluding carboxylic acids is 1. The molecule has 1 fully saturated rings. The molecule has 1 amide bonds. The van der Waals surface area contributed by atoms with E-state index in [0.29, 0.717) is 13.1 Å². The number of thiophene rings is 1. The molecule has 1 saturated heterocycles. The van der Waals surface area contributed by atoms with Gasteiger partial charge in [-0.1, -0.05) is 0 Å². The second-order valence-electron chi connectivity index (χ2n) is 6.55. The quantitative estimate of drug-likeness (QED) is 0.736. The van der Waals surface area contributed by atoms with E-state index in [1.807, 2.05) is 13.8 Å². The Morgan fingerprint density at radius 2 is 2.00 bits per heavy atom. The monoisotopic (exact) mass is 339 g/mol. The minimum Gasteiger partial charge on any atom is -0.480 e. The molecule has 128 valence electrons. The second-order valence-corrected chi connectivity index (χ2v) is 7.78. The lowest BCUT2D eigenvalue weighted by molar-refractivity contribution is -0.136. The van der Waals surface area contributed by atoms with Gasteiger partial charge in [0.25, 0.3) is 0 Å². The van der Waals surface area contributed by atoms with Gasteiger partial charge in [-0.25, -0.2) is 0 Å². The number of carboxylic acids is 1. The zero-order valence-corrected chi connectivity index (χ0v) is 15.0. The molecule has 23 heavy (non-hydrogen) atoms. The molecule has 6 nitrogen and oxygen atoms in total. The highest BCUT2D eigenvalue weighted by atomic mass is 32.1. The minimum atomic E-state index is -0.860. The molecule has 1 aliphatic heterocycles. The topological polar surface area (TPSA) is 81.7 Å². The van der Waals surface area contributed by atoms with Gasteiger partial charge in [0.05, 0.1) is 18.1 Å². The first-order valence-corrected chi connectivity index (χ1v) is 8.57. The Hall–Kier alpha value is -1.44. The van der Waals surface area contributed by atoms with Crippen molar-refractivity contribution < 1.29 is 14.7 Å². The smallest absolute Gasteiger partial charge is 0.317 e. The van der Waals surface area contributed by atoms with Crippen molar-refractivity contribution in [3.05, 3.63) is 16.0 Å². The third-order valence-electron chi connectivity index (χ3n) is 4.53. The molecule has 0 bridgehead atoms. The fourth-order valence-corrected chi connectivity index (χ4v) is 3.94. The summed E-state index contributed by atoms with van der Waals surface area (Å²) in [5, 5.41) is 15.8. The van der Waals surface area contributed by atoms with E-state index in [9.17, 15) is 9.59 Å². The number of aryl methyl sites for hydroxylation is 1. The number of nitrogens with one attached hydrogen (secondary N) is 2. The van der Waals surface area contributed by atoms with Crippen LogP contribution in [0.5, 0.6) is 0 Å². The van der Waals surface area contributed by atoms with E-state index in [2.05, 4.69) is 29.4 Å². The molecule has 0 aliphatic carbocycles. The van der Waals surface area contributed by atoms with E-state index >= 15 is 0 Å². The van der Waals surface area contributed by atoms with Crippen molar-refractivity contribution in [2.75, 3.05) is 31.5 Å². The number of anilines is 1. The largest absolute Gasteiger partial charge is 0.480 e. The van der Waals surface area contributed by atoms with Crippen LogP contribution in [0.3, 0.4) is 0 Å². The van der Waals surface area contributed by atoms with Crippen molar-refractivity contribution >= 4 is 28.2 Å². The highest BCUT2D eigenvalue weighted by Crippen LogP contribution is 2.31. The van der Waals surface area contributed by atoms with Gasteiger partial charge in [-0.15, -0.1) is 11.3 Å². The van der Waals surface area contributed by atoms with Crippen LogP contribution in [0.2, 0.25) is 0 Å². The number of rotatable bonds is 6. The maximum atomic E-state index is 12.3. The number of aliphatic carboxylic acids is 1. The van der Waals surface area contributed by atoms with Crippen LogP contribution in [0, 0.1) is 20.8 Å². The lowest BCUT2D eigenvalue weighted by Crippen LogP contribution is -2.47. The van der Waals surface area contributed by atoms with Gasteiger partial charge in [0.2, 0.25) is 5.91 Å². The van der Waals surface area contributed by atoms with Gasteiger partial charge in [-0.05, 0) is 45.2 Å². The molecule has 3 N–H and O–H groups in total.